The minimum Gasteiger partial charge on any atom is -0.353 e. The highest BCUT2D eigenvalue weighted by molar-refractivity contribution is 5.75. The third-order valence-electron chi connectivity index (χ3n) is 3.37. The maximum absolute atomic E-state index is 11.1. The third-order valence-corrected chi connectivity index (χ3v) is 3.37. The van der Waals surface area contributed by atoms with Gasteiger partial charge in [-0.05, 0) is 50.9 Å². The Morgan fingerprint density at radius 1 is 1.39 bits per heavy atom. The Kier molecular flexibility index (Phi) is 7.52. The van der Waals surface area contributed by atoms with Crippen molar-refractivity contribution in [3.05, 3.63) is 0 Å². The van der Waals surface area contributed by atoms with E-state index in [4.69, 9.17) is 9.47 Å². The number of rotatable bonds is 8. The highest BCUT2D eigenvalue weighted by atomic mass is 16.7. The van der Waals surface area contributed by atoms with Gasteiger partial charge < -0.3 is 14.3 Å². The molecule has 18 heavy (non-hydrogen) atoms. The normalized spacial score (nSPS) is 22.1. The molecule has 0 spiro atoms. The van der Waals surface area contributed by atoms with E-state index in [1.807, 2.05) is 0 Å². The van der Waals surface area contributed by atoms with Crippen LogP contribution in [0.3, 0.4) is 0 Å². The van der Waals surface area contributed by atoms with E-state index >= 15 is 0 Å². The summed E-state index contributed by atoms with van der Waals surface area (Å²) >= 11 is 0. The monoisotopic (exact) mass is 256 g/mol. The lowest BCUT2D eigenvalue weighted by Gasteiger charge is -2.26. The highest BCUT2D eigenvalue weighted by Crippen LogP contribution is 2.21. The van der Waals surface area contributed by atoms with Crippen LogP contribution in [0.2, 0.25) is 0 Å². The zero-order valence-electron chi connectivity index (χ0n) is 12.1. The minimum absolute atomic E-state index is 0.00857. The van der Waals surface area contributed by atoms with Gasteiger partial charge in [-0.15, -0.1) is 0 Å². The van der Waals surface area contributed by atoms with E-state index in [9.17, 15) is 4.79 Å². The number of carbonyl (C=O) groups excluding carboxylic acids is 1. The fourth-order valence-electron chi connectivity index (χ4n) is 2.43. The second-order valence-electron chi connectivity index (χ2n) is 5.87. The van der Waals surface area contributed by atoms with Gasteiger partial charge in [0.15, 0.2) is 6.29 Å². The minimum atomic E-state index is -0.00857. The van der Waals surface area contributed by atoms with Crippen molar-refractivity contribution in [3.8, 4) is 0 Å². The topological polar surface area (TPSA) is 35.5 Å². The summed E-state index contributed by atoms with van der Waals surface area (Å²) in [5, 5.41) is 0. The third kappa shape index (κ3) is 7.12. The van der Waals surface area contributed by atoms with Crippen molar-refractivity contribution in [2.75, 3.05) is 13.2 Å². The first-order valence-corrected chi connectivity index (χ1v) is 7.30. The number of ketones is 1. The predicted octanol–water partition coefficient (Wildman–Crippen LogP) is 3.56. The number of carbonyl (C=O) groups is 1. The molecule has 1 saturated heterocycles. The summed E-state index contributed by atoms with van der Waals surface area (Å²) in [5.74, 6) is 1.41. The summed E-state index contributed by atoms with van der Waals surface area (Å²) in [6, 6.07) is 0. The number of Topliss-reactive ketones (excluding diaryl/α,β-unsaturated/α-hetero) is 1. The fraction of sp³-hybridized carbons (Fsp3) is 0.933. The molecule has 0 radical (unpaired) electrons. The molecule has 0 aromatic heterocycles. The van der Waals surface area contributed by atoms with E-state index in [2.05, 4.69) is 13.8 Å². The Morgan fingerprint density at radius 3 is 2.72 bits per heavy atom. The molecule has 1 aliphatic heterocycles. The van der Waals surface area contributed by atoms with E-state index in [1.54, 1.807) is 6.92 Å². The van der Waals surface area contributed by atoms with Gasteiger partial charge in [-0.2, -0.15) is 0 Å². The highest BCUT2D eigenvalue weighted by Gasteiger charge is 2.18. The largest absolute Gasteiger partial charge is 0.353 e. The van der Waals surface area contributed by atoms with Crippen molar-refractivity contribution in [2.24, 2.45) is 11.8 Å². The van der Waals surface area contributed by atoms with Crippen LogP contribution in [0.1, 0.15) is 59.3 Å². The van der Waals surface area contributed by atoms with Crippen molar-refractivity contribution in [2.45, 2.75) is 65.6 Å². The molecule has 0 aromatic rings. The summed E-state index contributed by atoms with van der Waals surface area (Å²) in [4.78, 5) is 11.1. The first-order valence-electron chi connectivity index (χ1n) is 7.30. The molecule has 2 unspecified atom stereocenters. The fourth-order valence-corrected chi connectivity index (χ4v) is 2.43. The van der Waals surface area contributed by atoms with Gasteiger partial charge in [0.05, 0.1) is 6.61 Å². The maximum Gasteiger partial charge on any atom is 0.157 e. The Bertz CT molecular complexity index is 232. The second-order valence-corrected chi connectivity index (χ2v) is 5.87. The lowest BCUT2D eigenvalue weighted by molar-refractivity contribution is -0.170. The molecule has 0 aliphatic carbocycles. The summed E-state index contributed by atoms with van der Waals surface area (Å²) in [6.45, 7) is 7.66. The van der Waals surface area contributed by atoms with Crippen LogP contribution >= 0.6 is 0 Å². The molecular weight excluding hydrogens is 228 g/mol. The van der Waals surface area contributed by atoms with E-state index in [1.165, 1.54) is 6.42 Å². The van der Waals surface area contributed by atoms with Crippen LogP contribution in [0, 0.1) is 11.8 Å². The Balaban J connectivity index is 2.27. The van der Waals surface area contributed by atoms with Crippen LogP contribution in [0.25, 0.3) is 0 Å². The van der Waals surface area contributed by atoms with Gasteiger partial charge in [-0.1, -0.05) is 13.8 Å². The molecule has 1 fully saturated rings. The molecule has 1 aliphatic rings. The molecule has 0 aromatic carbocycles. The standard InChI is InChI=1S/C15H28O3/c1-12(2)10-14(8-7-13(3)16)11-18-15-6-4-5-9-17-15/h12,14-15H,4-11H2,1-3H3. The van der Waals surface area contributed by atoms with Gasteiger partial charge in [0.1, 0.15) is 5.78 Å². The molecular formula is C15H28O3. The van der Waals surface area contributed by atoms with E-state index in [0.29, 0.717) is 18.3 Å². The smallest absolute Gasteiger partial charge is 0.157 e. The number of hydrogen-bond acceptors (Lipinski definition) is 3. The van der Waals surface area contributed by atoms with Gasteiger partial charge in [0, 0.05) is 13.0 Å². The van der Waals surface area contributed by atoms with Crippen LogP contribution in [-0.4, -0.2) is 25.3 Å². The molecule has 0 N–H and O–H groups in total. The van der Waals surface area contributed by atoms with E-state index < -0.39 is 0 Å². The van der Waals surface area contributed by atoms with Gasteiger partial charge >= 0.3 is 0 Å². The van der Waals surface area contributed by atoms with E-state index in [-0.39, 0.29) is 12.1 Å². The van der Waals surface area contributed by atoms with Crippen molar-refractivity contribution < 1.29 is 14.3 Å². The molecule has 1 heterocycles. The van der Waals surface area contributed by atoms with Crippen molar-refractivity contribution in [1.82, 2.24) is 0 Å². The molecule has 3 nitrogen and oxygen atoms in total. The van der Waals surface area contributed by atoms with Crippen molar-refractivity contribution in [1.29, 1.82) is 0 Å². The summed E-state index contributed by atoms with van der Waals surface area (Å²) < 4.78 is 11.4. The van der Waals surface area contributed by atoms with E-state index in [0.717, 1.165) is 38.9 Å². The molecule has 3 heteroatoms. The lowest BCUT2D eigenvalue weighted by Crippen LogP contribution is -2.25. The molecule has 0 bridgehead atoms. The average molecular weight is 256 g/mol. The van der Waals surface area contributed by atoms with Crippen LogP contribution in [0.15, 0.2) is 0 Å². The van der Waals surface area contributed by atoms with Crippen LogP contribution in [-0.2, 0) is 14.3 Å². The Morgan fingerprint density at radius 2 is 2.17 bits per heavy atom. The first kappa shape index (κ1) is 15.6. The zero-order valence-corrected chi connectivity index (χ0v) is 12.1. The summed E-state index contributed by atoms with van der Waals surface area (Å²) in [7, 11) is 0. The molecule has 1 rings (SSSR count). The van der Waals surface area contributed by atoms with Gasteiger partial charge in [0.25, 0.3) is 0 Å². The Labute approximate surface area is 111 Å². The number of ether oxygens (including phenoxy) is 2. The zero-order chi connectivity index (χ0) is 13.4. The second kappa shape index (κ2) is 8.65. The molecule has 0 saturated carbocycles. The lowest BCUT2D eigenvalue weighted by atomic mass is 9.93. The van der Waals surface area contributed by atoms with Crippen LogP contribution in [0.4, 0.5) is 0 Å². The average Bonchev–Trinajstić information content (AvgIpc) is 2.33. The van der Waals surface area contributed by atoms with Gasteiger partial charge in [-0.3, -0.25) is 0 Å². The van der Waals surface area contributed by atoms with Crippen LogP contribution in [0.5, 0.6) is 0 Å². The van der Waals surface area contributed by atoms with Crippen molar-refractivity contribution in [3.63, 3.8) is 0 Å². The molecule has 0 amide bonds. The first-order chi connectivity index (χ1) is 8.58. The maximum atomic E-state index is 11.1. The Hall–Kier alpha value is -0.410. The quantitative estimate of drug-likeness (QED) is 0.666. The SMILES string of the molecule is CC(=O)CCC(COC1CCCCO1)CC(C)C. The van der Waals surface area contributed by atoms with Gasteiger partial charge in [-0.25, -0.2) is 0 Å². The number of hydrogen-bond donors (Lipinski definition) is 0. The predicted molar refractivity (Wildman–Crippen MR) is 72.4 cm³/mol. The summed E-state index contributed by atoms with van der Waals surface area (Å²) in [6.07, 6.45) is 6.10. The van der Waals surface area contributed by atoms with Gasteiger partial charge in [0.2, 0.25) is 0 Å². The summed E-state index contributed by atoms with van der Waals surface area (Å²) in [5.41, 5.74) is 0. The van der Waals surface area contributed by atoms with Crippen LogP contribution < -0.4 is 0 Å². The molecule has 106 valence electrons. The van der Waals surface area contributed by atoms with Crippen molar-refractivity contribution >= 4 is 5.78 Å². The molecule has 2 atom stereocenters.